The number of rotatable bonds is 1. The second kappa shape index (κ2) is 3.16. The van der Waals surface area contributed by atoms with Crippen molar-refractivity contribution in [3.8, 4) is 23.6 Å². The minimum Gasteiger partial charge on any atom is -0.345 e. The van der Waals surface area contributed by atoms with E-state index in [0.717, 1.165) is 16.8 Å². The van der Waals surface area contributed by atoms with Gasteiger partial charge in [-0.15, -0.1) is 6.42 Å². The Morgan fingerprint density at radius 1 is 1.31 bits per heavy atom. The van der Waals surface area contributed by atoms with Crippen LogP contribution in [-0.4, -0.2) is 9.97 Å². The number of hydrogen-bond acceptors (Lipinski definition) is 1. The summed E-state index contributed by atoms with van der Waals surface area (Å²) >= 11 is 0. The van der Waals surface area contributed by atoms with E-state index in [1.54, 1.807) is 12.5 Å². The third-order valence-electron chi connectivity index (χ3n) is 1.87. The van der Waals surface area contributed by atoms with Crippen LogP contribution in [-0.2, 0) is 0 Å². The molecule has 0 fully saturated rings. The molecule has 2 aromatic rings. The van der Waals surface area contributed by atoms with E-state index >= 15 is 0 Å². The Labute approximate surface area is 76.6 Å². The second-order valence-electron chi connectivity index (χ2n) is 2.66. The van der Waals surface area contributed by atoms with E-state index in [2.05, 4.69) is 15.9 Å². The first kappa shape index (κ1) is 7.63. The van der Waals surface area contributed by atoms with Gasteiger partial charge in [0.2, 0.25) is 0 Å². The highest BCUT2D eigenvalue weighted by molar-refractivity contribution is 5.67. The molecule has 0 aliphatic heterocycles. The maximum absolute atomic E-state index is 5.37. The van der Waals surface area contributed by atoms with Gasteiger partial charge in [-0.05, 0) is 6.07 Å². The molecule has 0 atom stereocenters. The van der Waals surface area contributed by atoms with Crippen LogP contribution in [0.3, 0.4) is 0 Å². The molecule has 0 aliphatic carbocycles. The fourth-order valence-electron chi connectivity index (χ4n) is 1.25. The molecular weight excluding hydrogens is 160 g/mol. The molecule has 2 heteroatoms. The van der Waals surface area contributed by atoms with Gasteiger partial charge in [0.25, 0.3) is 0 Å². The number of aromatic amines is 1. The van der Waals surface area contributed by atoms with Crippen LogP contribution in [0.25, 0.3) is 11.3 Å². The van der Waals surface area contributed by atoms with E-state index in [4.69, 9.17) is 6.42 Å². The lowest BCUT2D eigenvalue weighted by atomic mass is 10.1. The molecule has 0 aliphatic rings. The van der Waals surface area contributed by atoms with Crippen molar-refractivity contribution in [2.75, 3.05) is 0 Å². The number of H-pyrrole nitrogens is 1. The van der Waals surface area contributed by atoms with Crippen molar-refractivity contribution in [3.63, 3.8) is 0 Å². The van der Waals surface area contributed by atoms with Crippen molar-refractivity contribution in [2.45, 2.75) is 0 Å². The monoisotopic (exact) mass is 168 g/mol. The zero-order valence-corrected chi connectivity index (χ0v) is 6.99. The highest BCUT2D eigenvalue weighted by Gasteiger charge is 2.01. The van der Waals surface area contributed by atoms with Gasteiger partial charge in [-0.1, -0.05) is 24.1 Å². The highest BCUT2D eigenvalue weighted by Crippen LogP contribution is 2.19. The van der Waals surface area contributed by atoms with E-state index < -0.39 is 0 Å². The number of nitrogens with zero attached hydrogens (tertiary/aromatic N) is 1. The van der Waals surface area contributed by atoms with Gasteiger partial charge in [0.15, 0.2) is 0 Å². The Bertz CT molecular complexity index is 435. The molecule has 13 heavy (non-hydrogen) atoms. The average Bonchev–Trinajstić information content (AvgIpc) is 2.70. The van der Waals surface area contributed by atoms with Crippen LogP contribution < -0.4 is 0 Å². The van der Waals surface area contributed by atoms with Gasteiger partial charge in [-0.3, -0.25) is 0 Å². The van der Waals surface area contributed by atoms with Crippen molar-refractivity contribution in [3.05, 3.63) is 42.4 Å². The summed E-state index contributed by atoms with van der Waals surface area (Å²) in [7, 11) is 0. The molecule has 0 spiro atoms. The van der Waals surface area contributed by atoms with E-state index in [1.165, 1.54) is 0 Å². The molecule has 0 radical (unpaired) electrons. The molecule has 2 rings (SSSR count). The molecule has 0 saturated carbocycles. The fraction of sp³-hybridized carbons (Fsp3) is 0. The molecule has 1 heterocycles. The highest BCUT2D eigenvalue weighted by atomic mass is 14.9. The Morgan fingerprint density at radius 2 is 2.15 bits per heavy atom. The van der Waals surface area contributed by atoms with E-state index in [9.17, 15) is 0 Å². The van der Waals surface area contributed by atoms with E-state index in [-0.39, 0.29) is 0 Å². The normalized spacial score (nSPS) is 9.46. The first-order chi connectivity index (χ1) is 6.42. The lowest BCUT2D eigenvalue weighted by molar-refractivity contribution is 1.31. The molecule has 1 aromatic heterocycles. The van der Waals surface area contributed by atoms with Crippen molar-refractivity contribution >= 4 is 0 Å². The van der Waals surface area contributed by atoms with Gasteiger partial charge < -0.3 is 4.98 Å². The molecular formula is C11H8N2. The lowest BCUT2D eigenvalue weighted by Crippen LogP contribution is -1.82. The van der Waals surface area contributed by atoms with Crippen LogP contribution in [0, 0.1) is 12.3 Å². The summed E-state index contributed by atoms with van der Waals surface area (Å²) in [5, 5.41) is 0. The molecule has 0 unspecified atom stereocenters. The number of nitrogens with one attached hydrogen (secondary N) is 1. The largest absolute Gasteiger partial charge is 0.345 e. The molecule has 62 valence electrons. The lowest BCUT2D eigenvalue weighted by Gasteiger charge is -1.99. The summed E-state index contributed by atoms with van der Waals surface area (Å²) in [6.07, 6.45) is 8.77. The fourth-order valence-corrected chi connectivity index (χ4v) is 1.25. The Kier molecular flexibility index (Phi) is 1.85. The van der Waals surface area contributed by atoms with Crippen LogP contribution in [0.2, 0.25) is 0 Å². The molecule has 1 aromatic carbocycles. The minimum absolute atomic E-state index is 0.881. The van der Waals surface area contributed by atoms with Crippen LogP contribution in [0.1, 0.15) is 5.56 Å². The van der Waals surface area contributed by atoms with Gasteiger partial charge in [-0.25, -0.2) is 4.98 Å². The molecule has 0 amide bonds. The van der Waals surface area contributed by atoms with E-state index in [0.29, 0.717) is 0 Å². The van der Waals surface area contributed by atoms with Crippen LogP contribution in [0.15, 0.2) is 36.8 Å². The predicted molar refractivity (Wildman–Crippen MR) is 52.0 cm³/mol. The average molecular weight is 168 g/mol. The quantitative estimate of drug-likeness (QED) is 0.649. The topological polar surface area (TPSA) is 28.7 Å². The number of hydrogen-bond donors (Lipinski definition) is 1. The van der Waals surface area contributed by atoms with Crippen LogP contribution in [0.4, 0.5) is 0 Å². The van der Waals surface area contributed by atoms with Gasteiger partial charge >= 0.3 is 0 Å². The van der Waals surface area contributed by atoms with Gasteiger partial charge in [0.1, 0.15) is 0 Å². The summed E-state index contributed by atoms with van der Waals surface area (Å²) in [5.74, 6) is 2.64. The summed E-state index contributed by atoms with van der Waals surface area (Å²) in [5.41, 5.74) is 2.85. The predicted octanol–water partition coefficient (Wildman–Crippen LogP) is 2.06. The van der Waals surface area contributed by atoms with E-state index in [1.807, 2.05) is 24.3 Å². The first-order valence-corrected chi connectivity index (χ1v) is 3.96. The summed E-state index contributed by atoms with van der Waals surface area (Å²) in [6.45, 7) is 0. The van der Waals surface area contributed by atoms with Crippen LogP contribution in [0.5, 0.6) is 0 Å². The third-order valence-corrected chi connectivity index (χ3v) is 1.87. The van der Waals surface area contributed by atoms with Crippen molar-refractivity contribution in [2.24, 2.45) is 0 Å². The third kappa shape index (κ3) is 1.32. The standard InChI is InChI=1S/C11H8N2/c1-2-9-5-3-4-6-10(9)11-7-12-8-13-11/h1,3-8H,(H,12,13). The smallest absolute Gasteiger partial charge is 0.0924 e. The van der Waals surface area contributed by atoms with Crippen molar-refractivity contribution in [1.82, 2.24) is 9.97 Å². The van der Waals surface area contributed by atoms with Gasteiger partial charge in [0, 0.05) is 11.1 Å². The summed E-state index contributed by atoms with van der Waals surface area (Å²) in [6, 6.07) is 7.77. The zero-order chi connectivity index (χ0) is 9.10. The molecule has 0 bridgehead atoms. The molecule has 0 saturated heterocycles. The van der Waals surface area contributed by atoms with Gasteiger partial charge in [0.05, 0.1) is 18.2 Å². The maximum Gasteiger partial charge on any atom is 0.0924 e. The maximum atomic E-state index is 5.37. The van der Waals surface area contributed by atoms with Gasteiger partial charge in [-0.2, -0.15) is 0 Å². The minimum atomic E-state index is 0.881. The number of aromatic nitrogens is 2. The Balaban J connectivity index is 2.59. The van der Waals surface area contributed by atoms with Crippen molar-refractivity contribution < 1.29 is 0 Å². The first-order valence-electron chi connectivity index (χ1n) is 3.96. The SMILES string of the molecule is C#Cc1ccccc1-c1cnc[nH]1. The number of terminal acetylenes is 1. The Hall–Kier alpha value is -2.01. The second-order valence-corrected chi connectivity index (χ2v) is 2.66. The number of benzene rings is 1. The summed E-state index contributed by atoms with van der Waals surface area (Å²) < 4.78 is 0. The number of imidazole rings is 1. The zero-order valence-electron chi connectivity index (χ0n) is 6.99. The van der Waals surface area contributed by atoms with Crippen molar-refractivity contribution in [1.29, 1.82) is 0 Å². The molecule has 2 nitrogen and oxygen atoms in total. The Morgan fingerprint density at radius 3 is 2.85 bits per heavy atom. The molecule has 1 N–H and O–H groups in total. The summed E-state index contributed by atoms with van der Waals surface area (Å²) in [4.78, 5) is 6.97. The van der Waals surface area contributed by atoms with Crippen LogP contribution >= 0.6 is 0 Å².